The second kappa shape index (κ2) is 9.60. The van der Waals surface area contributed by atoms with Crippen molar-refractivity contribution < 1.29 is 14.3 Å². The van der Waals surface area contributed by atoms with Crippen molar-refractivity contribution >= 4 is 5.97 Å². The molecule has 2 aromatic carbocycles. The van der Waals surface area contributed by atoms with Crippen molar-refractivity contribution in [2.45, 2.75) is 77.7 Å². The number of esters is 1. The monoisotopic (exact) mass is 418 g/mol. The number of carbonyl (C=O) groups excluding carboxylic acids is 1. The van der Waals surface area contributed by atoms with Crippen LogP contribution in [0.2, 0.25) is 0 Å². The molecule has 3 rings (SSSR count). The molecule has 1 aliphatic rings. The molecule has 3 nitrogen and oxygen atoms in total. The molecule has 0 aromatic heterocycles. The number of rotatable bonds is 6. The van der Waals surface area contributed by atoms with E-state index in [0.29, 0.717) is 13.0 Å². The second-order valence-electron chi connectivity index (χ2n) is 9.59. The molecule has 3 heteroatoms. The molecule has 0 atom stereocenters. The molecule has 164 valence electrons. The van der Waals surface area contributed by atoms with Gasteiger partial charge in [0.1, 0.15) is 11.4 Å². The van der Waals surface area contributed by atoms with Gasteiger partial charge in [-0.05, 0) is 87.8 Å². The zero-order valence-electron chi connectivity index (χ0n) is 19.5. The van der Waals surface area contributed by atoms with Gasteiger partial charge in [-0.2, -0.15) is 0 Å². The Morgan fingerprint density at radius 2 is 1.68 bits per heavy atom. The van der Waals surface area contributed by atoms with Gasteiger partial charge in [-0.25, -0.2) is 0 Å². The van der Waals surface area contributed by atoms with E-state index < -0.39 is 0 Å². The number of carbonyl (C=O) groups is 1. The minimum atomic E-state index is -0.149. The Labute approximate surface area is 187 Å². The fraction of sp³-hybridized carbons (Fsp3) is 0.464. The van der Waals surface area contributed by atoms with Gasteiger partial charge in [0.25, 0.3) is 0 Å². The summed E-state index contributed by atoms with van der Waals surface area (Å²) in [6.45, 7) is 11.1. The number of hydrogen-bond donors (Lipinski definition) is 0. The minimum Gasteiger partial charge on any atom is -0.488 e. The Hall–Kier alpha value is -2.73. The van der Waals surface area contributed by atoms with Gasteiger partial charge < -0.3 is 9.47 Å². The first kappa shape index (κ1) is 22.9. The molecular formula is C28H34O3. The summed E-state index contributed by atoms with van der Waals surface area (Å²) in [6, 6.07) is 14.7. The Morgan fingerprint density at radius 1 is 1.00 bits per heavy atom. The average Bonchev–Trinajstić information content (AvgIpc) is 2.70. The van der Waals surface area contributed by atoms with Gasteiger partial charge in [-0.15, -0.1) is 0 Å². The molecule has 0 fully saturated rings. The van der Waals surface area contributed by atoms with E-state index in [0.717, 1.165) is 42.6 Å². The highest BCUT2D eigenvalue weighted by atomic mass is 16.5. The normalized spacial score (nSPS) is 15.8. The van der Waals surface area contributed by atoms with E-state index in [1.807, 2.05) is 13.0 Å². The topological polar surface area (TPSA) is 35.5 Å². The highest BCUT2D eigenvalue weighted by Crippen LogP contribution is 2.44. The molecule has 1 heterocycles. The maximum atomic E-state index is 11.4. The Morgan fingerprint density at radius 3 is 2.39 bits per heavy atom. The molecule has 0 amide bonds. The molecule has 31 heavy (non-hydrogen) atoms. The van der Waals surface area contributed by atoms with Crippen molar-refractivity contribution in [3.8, 4) is 17.6 Å². The summed E-state index contributed by atoms with van der Waals surface area (Å²) >= 11 is 0. The average molecular weight is 419 g/mol. The Balaban J connectivity index is 1.61. The number of unbranched alkanes of at least 4 members (excludes halogenated alkanes) is 1. The number of fused-ring (bicyclic) bond motifs is 1. The van der Waals surface area contributed by atoms with E-state index in [1.54, 1.807) is 0 Å². The van der Waals surface area contributed by atoms with Crippen molar-refractivity contribution in [3.05, 3.63) is 64.7 Å². The lowest BCUT2D eigenvalue weighted by Crippen LogP contribution is -2.41. The number of hydrogen-bond acceptors (Lipinski definition) is 3. The zero-order valence-corrected chi connectivity index (χ0v) is 19.5. The summed E-state index contributed by atoms with van der Waals surface area (Å²) in [5.41, 5.74) is 4.43. The van der Waals surface area contributed by atoms with E-state index in [-0.39, 0.29) is 17.0 Å². The van der Waals surface area contributed by atoms with E-state index >= 15 is 0 Å². The maximum Gasteiger partial charge on any atom is 0.305 e. The van der Waals surface area contributed by atoms with Crippen LogP contribution in [-0.2, 0) is 21.4 Å². The van der Waals surface area contributed by atoms with Crippen LogP contribution in [0.1, 0.15) is 82.6 Å². The quantitative estimate of drug-likeness (QED) is 0.318. The summed E-state index contributed by atoms with van der Waals surface area (Å²) in [6.07, 6.45) is 4.27. The molecule has 0 saturated carbocycles. The molecule has 2 aromatic rings. The van der Waals surface area contributed by atoms with Crippen LogP contribution >= 0.6 is 0 Å². The van der Waals surface area contributed by atoms with Crippen LogP contribution in [0.25, 0.3) is 0 Å². The second-order valence-corrected chi connectivity index (χ2v) is 9.59. The van der Waals surface area contributed by atoms with E-state index in [4.69, 9.17) is 9.47 Å². The van der Waals surface area contributed by atoms with Crippen LogP contribution in [0.5, 0.6) is 5.75 Å². The van der Waals surface area contributed by atoms with Crippen LogP contribution in [-0.4, -0.2) is 18.2 Å². The number of ether oxygens (including phenoxy) is 2. The van der Waals surface area contributed by atoms with Gasteiger partial charge in [0.15, 0.2) is 0 Å². The molecule has 0 saturated heterocycles. The summed E-state index contributed by atoms with van der Waals surface area (Å²) in [4.78, 5) is 11.4. The lowest BCUT2D eigenvalue weighted by Gasteiger charge is -2.42. The fourth-order valence-electron chi connectivity index (χ4n) is 4.45. The third-order valence-electron chi connectivity index (χ3n) is 5.67. The summed E-state index contributed by atoms with van der Waals surface area (Å²) in [7, 11) is 0. The third kappa shape index (κ3) is 6.37. The summed E-state index contributed by atoms with van der Waals surface area (Å²) in [5.74, 6) is 7.46. The van der Waals surface area contributed by atoms with Crippen molar-refractivity contribution in [2.75, 3.05) is 6.61 Å². The van der Waals surface area contributed by atoms with Gasteiger partial charge >= 0.3 is 5.97 Å². The largest absolute Gasteiger partial charge is 0.488 e. The smallest absolute Gasteiger partial charge is 0.305 e. The lowest BCUT2D eigenvalue weighted by atomic mass is 9.73. The van der Waals surface area contributed by atoms with Crippen LogP contribution < -0.4 is 4.74 Å². The first-order chi connectivity index (χ1) is 14.7. The molecule has 0 aliphatic carbocycles. The molecular weight excluding hydrogens is 384 g/mol. The molecule has 1 aliphatic heterocycles. The van der Waals surface area contributed by atoms with Gasteiger partial charge in [-0.1, -0.05) is 37.8 Å². The molecule has 0 bridgehead atoms. The van der Waals surface area contributed by atoms with E-state index in [2.05, 4.69) is 75.9 Å². The SMILES string of the molecule is CCOC(=O)CCCCc1ccc(C#Cc2ccc3c(c2)C(C)(C)CC(C)(C)O3)cc1. The first-order valence-corrected chi connectivity index (χ1v) is 11.3. The van der Waals surface area contributed by atoms with Crippen LogP contribution in [0.3, 0.4) is 0 Å². The highest BCUT2D eigenvalue weighted by molar-refractivity contribution is 5.69. The third-order valence-corrected chi connectivity index (χ3v) is 5.67. The number of aryl methyl sites for hydroxylation is 1. The van der Waals surface area contributed by atoms with Crippen molar-refractivity contribution in [1.29, 1.82) is 0 Å². The van der Waals surface area contributed by atoms with Gasteiger partial charge in [0, 0.05) is 23.1 Å². The van der Waals surface area contributed by atoms with Gasteiger partial charge in [0.2, 0.25) is 0 Å². The molecule has 0 unspecified atom stereocenters. The van der Waals surface area contributed by atoms with E-state index in [9.17, 15) is 4.79 Å². The van der Waals surface area contributed by atoms with Crippen LogP contribution in [0, 0.1) is 11.8 Å². The maximum absolute atomic E-state index is 11.4. The van der Waals surface area contributed by atoms with Crippen molar-refractivity contribution in [2.24, 2.45) is 0 Å². The highest BCUT2D eigenvalue weighted by Gasteiger charge is 2.38. The Kier molecular flexibility index (Phi) is 7.11. The number of benzene rings is 2. The predicted molar refractivity (Wildman–Crippen MR) is 125 cm³/mol. The standard InChI is InChI=1S/C28H34O3/c1-6-30-26(29)10-8-7-9-21-11-13-22(14-12-21)15-16-23-17-18-25-24(19-23)27(2,3)20-28(4,5)31-25/h11-14,17-19H,6-10,20H2,1-5H3. The minimum absolute atomic E-state index is 0.0592. The fourth-order valence-corrected chi connectivity index (χ4v) is 4.45. The lowest BCUT2D eigenvalue weighted by molar-refractivity contribution is -0.143. The van der Waals surface area contributed by atoms with Crippen molar-refractivity contribution in [1.82, 2.24) is 0 Å². The summed E-state index contributed by atoms with van der Waals surface area (Å²) in [5, 5.41) is 0. The molecule has 0 spiro atoms. The van der Waals surface area contributed by atoms with Crippen molar-refractivity contribution in [3.63, 3.8) is 0 Å². The molecule has 0 N–H and O–H groups in total. The Bertz CT molecular complexity index is 972. The van der Waals surface area contributed by atoms with Gasteiger partial charge in [0.05, 0.1) is 6.61 Å². The molecule has 0 radical (unpaired) electrons. The zero-order chi connectivity index (χ0) is 22.5. The first-order valence-electron chi connectivity index (χ1n) is 11.3. The summed E-state index contributed by atoms with van der Waals surface area (Å²) < 4.78 is 11.1. The van der Waals surface area contributed by atoms with Gasteiger partial charge in [-0.3, -0.25) is 4.79 Å². The van der Waals surface area contributed by atoms with Crippen LogP contribution in [0.4, 0.5) is 0 Å². The van der Waals surface area contributed by atoms with Crippen LogP contribution in [0.15, 0.2) is 42.5 Å². The predicted octanol–water partition coefficient (Wildman–Crippen LogP) is 6.20. The van der Waals surface area contributed by atoms with E-state index in [1.165, 1.54) is 11.1 Å².